The van der Waals surface area contributed by atoms with Crippen molar-refractivity contribution in [3.8, 4) is 0 Å². The number of hydrogen-bond donors (Lipinski definition) is 1. The number of halogens is 9. The first-order valence-corrected chi connectivity index (χ1v) is 16.1. The van der Waals surface area contributed by atoms with Crippen LogP contribution in [0.25, 0.3) is 0 Å². The van der Waals surface area contributed by atoms with Gasteiger partial charge in [-0.05, 0) is 41.2 Å². The van der Waals surface area contributed by atoms with Gasteiger partial charge in [0.2, 0.25) is 0 Å². The van der Waals surface area contributed by atoms with E-state index in [-0.39, 0.29) is 56.3 Å². The van der Waals surface area contributed by atoms with Gasteiger partial charge in [-0.2, -0.15) is 26.3 Å². The molecule has 0 bridgehead atoms. The second kappa shape index (κ2) is 14.7. The number of likely N-dealkylation sites (tertiary alicyclic amines) is 1. The van der Waals surface area contributed by atoms with Crippen molar-refractivity contribution in [2.75, 3.05) is 39.5 Å². The molecule has 1 N–H and O–H groups in total. The number of hydrogen-bond acceptors (Lipinski definition) is 4. The fraction of sp³-hybridized carbons (Fsp3) is 0.394. The maximum atomic E-state index is 14.5. The first-order valence-electron chi connectivity index (χ1n) is 14.7. The Morgan fingerprint density at radius 3 is 2.18 bits per heavy atom. The molecule has 0 aliphatic carbocycles. The summed E-state index contributed by atoms with van der Waals surface area (Å²) in [6, 6.07) is 4.26. The fourth-order valence-electron chi connectivity index (χ4n) is 5.87. The van der Waals surface area contributed by atoms with E-state index in [2.05, 4.69) is 23.8 Å². The monoisotopic (exact) mass is 724 g/mol. The third-order valence-electron chi connectivity index (χ3n) is 8.54. The Morgan fingerprint density at radius 2 is 1.63 bits per heavy atom. The second-order valence-electron chi connectivity index (χ2n) is 11.4. The number of allylic oxidation sites excluding steroid dienone is 3. The van der Waals surface area contributed by atoms with E-state index in [9.17, 15) is 49.4 Å². The molecule has 268 valence electrons. The summed E-state index contributed by atoms with van der Waals surface area (Å²) in [5, 5.41) is 9.77. The Hall–Kier alpha value is -3.60. The van der Waals surface area contributed by atoms with Crippen LogP contribution in [0.4, 0.5) is 44.3 Å². The molecule has 6 nitrogen and oxygen atoms in total. The topological polar surface area (TPSA) is 62.2 Å². The van der Waals surface area contributed by atoms with Crippen molar-refractivity contribution in [1.29, 1.82) is 0 Å². The summed E-state index contributed by atoms with van der Waals surface area (Å²) in [6.07, 6.45) is -9.85. The van der Waals surface area contributed by atoms with Crippen LogP contribution < -0.4 is 0 Å². The summed E-state index contributed by atoms with van der Waals surface area (Å²) < 4.78 is 138. The van der Waals surface area contributed by atoms with E-state index >= 15 is 0 Å². The molecule has 0 saturated carbocycles. The molecule has 2 saturated heterocycles. The molecule has 2 aliphatic heterocycles. The number of morpholine rings is 1. The highest BCUT2D eigenvalue weighted by molar-refractivity contribution is 8.18. The van der Waals surface area contributed by atoms with Gasteiger partial charge in [-0.15, -0.1) is 10.5 Å². The largest absolute Gasteiger partial charge is 0.430 e. The summed E-state index contributed by atoms with van der Waals surface area (Å²) in [5.41, 5.74) is -7.34. The minimum atomic E-state index is -6.14. The Balaban J connectivity index is 1.78. The molecule has 2 aliphatic rings. The Labute approximate surface area is 279 Å². The molecule has 16 heteroatoms. The summed E-state index contributed by atoms with van der Waals surface area (Å²) in [5.74, 6) is 0.565. The number of urea groups is 1. The molecular formula is C33H33F9N2O4S. The highest BCUT2D eigenvalue weighted by atomic mass is 32.2. The zero-order chi connectivity index (χ0) is 36.4. The van der Waals surface area contributed by atoms with Crippen LogP contribution in [0.5, 0.6) is 0 Å². The quantitative estimate of drug-likeness (QED) is 0.157. The molecule has 2 amide bonds. The predicted octanol–water partition coefficient (Wildman–Crippen LogP) is 7.47. The lowest BCUT2D eigenvalue weighted by Gasteiger charge is -2.39. The van der Waals surface area contributed by atoms with Gasteiger partial charge in [-0.1, -0.05) is 49.4 Å². The van der Waals surface area contributed by atoms with Crippen LogP contribution in [0.15, 0.2) is 78.5 Å². The lowest BCUT2D eigenvalue weighted by atomic mass is 9.88. The van der Waals surface area contributed by atoms with Crippen LogP contribution in [0.3, 0.4) is 0 Å². The molecule has 3 atom stereocenters. The molecule has 2 heterocycles. The molecule has 49 heavy (non-hydrogen) atoms. The zero-order valence-electron chi connectivity index (χ0n) is 25.9. The van der Waals surface area contributed by atoms with Crippen molar-refractivity contribution in [2.24, 2.45) is 0 Å². The van der Waals surface area contributed by atoms with Crippen LogP contribution in [-0.4, -0.2) is 84.7 Å². The van der Waals surface area contributed by atoms with Crippen LogP contribution in [0.1, 0.15) is 23.1 Å². The first-order chi connectivity index (χ1) is 22.9. The van der Waals surface area contributed by atoms with E-state index in [0.717, 1.165) is 24.3 Å². The molecule has 0 radical (unpaired) electrons. The van der Waals surface area contributed by atoms with Crippen molar-refractivity contribution >= 4 is 22.4 Å². The van der Waals surface area contributed by atoms with Gasteiger partial charge >= 0.3 is 18.4 Å². The van der Waals surface area contributed by atoms with E-state index in [0.29, 0.717) is 24.3 Å². The predicted molar refractivity (Wildman–Crippen MR) is 166 cm³/mol. The van der Waals surface area contributed by atoms with Gasteiger partial charge in [-0.25, -0.2) is 18.0 Å². The minimum Gasteiger partial charge on any atom is -0.394 e. The molecule has 0 aromatic heterocycles. The van der Waals surface area contributed by atoms with Crippen molar-refractivity contribution < 1.29 is 58.9 Å². The van der Waals surface area contributed by atoms with Gasteiger partial charge in [0.15, 0.2) is 0 Å². The average Bonchev–Trinajstić information content (AvgIpc) is 3.50. The minimum absolute atomic E-state index is 0.0862. The van der Waals surface area contributed by atoms with Gasteiger partial charge in [-0.3, -0.25) is 0 Å². The molecule has 2 aromatic carbocycles. The average molecular weight is 725 g/mol. The number of carbonyl (C=O) groups excluding carboxylic acids is 1. The molecule has 2 fully saturated rings. The van der Waals surface area contributed by atoms with E-state index in [1.807, 2.05) is 0 Å². The standard InChI is InChI=1S/C33H33F9N2O4S/c1-21(34)7-8-22(2)49(3)30(13-14-43(20-30)29(46)44-15-16-47-18-25(44)17-45)23-9-11-24(12-10-23)31(32(37,38)39,33(40,41)42)48-19-26-27(35)5-4-6-28(26)36/h4-12,25,45H,1-3,13-20H2/b8-7-/t25?,30-,49?/m1/s1. The molecule has 4 rings (SSSR count). The zero-order valence-corrected chi connectivity index (χ0v) is 26.7. The van der Waals surface area contributed by atoms with Gasteiger partial charge in [0.1, 0.15) is 17.5 Å². The Kier molecular flexibility index (Phi) is 11.5. The number of carbonyl (C=O) groups is 1. The lowest BCUT2D eigenvalue weighted by molar-refractivity contribution is -0.392. The maximum absolute atomic E-state index is 14.5. The smallest absolute Gasteiger partial charge is 0.394 e. The van der Waals surface area contributed by atoms with Crippen LogP contribution in [-0.2, 0) is 26.4 Å². The third-order valence-corrected chi connectivity index (χ3v) is 10.8. The van der Waals surface area contributed by atoms with Crippen LogP contribution in [0.2, 0.25) is 0 Å². The Morgan fingerprint density at radius 1 is 1.02 bits per heavy atom. The van der Waals surface area contributed by atoms with Gasteiger partial charge in [0.05, 0.1) is 37.2 Å². The van der Waals surface area contributed by atoms with Gasteiger partial charge in [0, 0.05) is 30.8 Å². The molecule has 2 unspecified atom stereocenters. The lowest BCUT2D eigenvalue weighted by Crippen LogP contribution is -2.56. The Bertz CT molecular complexity index is 1580. The summed E-state index contributed by atoms with van der Waals surface area (Å²) in [7, 11) is -1.25. The normalized spacial score (nSPS) is 21.3. The molecule has 2 aromatic rings. The number of benzene rings is 2. The number of aliphatic hydroxyl groups is 1. The summed E-state index contributed by atoms with van der Waals surface area (Å²) >= 11 is 0. The first kappa shape index (κ1) is 38.2. The number of ether oxygens (including phenoxy) is 2. The highest BCUT2D eigenvalue weighted by Crippen LogP contribution is 2.55. The number of amides is 2. The molecular weight excluding hydrogens is 691 g/mol. The third kappa shape index (κ3) is 7.47. The fourth-order valence-corrected chi connectivity index (χ4v) is 7.68. The van der Waals surface area contributed by atoms with Crippen LogP contribution >= 0.6 is 10.5 Å². The van der Waals surface area contributed by atoms with Crippen molar-refractivity contribution in [3.05, 3.63) is 107 Å². The highest BCUT2D eigenvalue weighted by Gasteiger charge is 2.73. The number of rotatable bonds is 10. The summed E-state index contributed by atoms with van der Waals surface area (Å²) in [4.78, 5) is 16.7. The van der Waals surface area contributed by atoms with Crippen molar-refractivity contribution in [1.82, 2.24) is 9.80 Å². The molecule has 0 spiro atoms. The van der Waals surface area contributed by atoms with Crippen molar-refractivity contribution in [2.45, 2.75) is 41.8 Å². The maximum Gasteiger partial charge on any atom is 0.430 e. The number of nitrogens with zero attached hydrogens (tertiary/aromatic N) is 2. The van der Waals surface area contributed by atoms with E-state index in [1.165, 1.54) is 15.9 Å². The second-order valence-corrected chi connectivity index (χ2v) is 13.5. The SMILES string of the molecule is C=C(F)/C=C\C(=C)S(=C)[C@]1(c2ccc(C(OCc3c(F)cccc3F)(C(F)(F)F)C(F)(F)F)cc2)CCN(C(=O)N2CCOCC2CO)C1. The number of aliphatic hydroxyl groups excluding tert-OH is 1. The van der Waals surface area contributed by atoms with E-state index < -0.39 is 80.5 Å². The van der Waals surface area contributed by atoms with Gasteiger partial charge in [0.25, 0.3) is 5.60 Å². The summed E-state index contributed by atoms with van der Waals surface area (Å²) in [6.45, 7) is 5.43. The van der Waals surface area contributed by atoms with Gasteiger partial charge < -0.3 is 24.4 Å². The van der Waals surface area contributed by atoms with Crippen LogP contribution in [0, 0.1) is 11.6 Å². The van der Waals surface area contributed by atoms with E-state index in [1.54, 1.807) is 0 Å². The van der Waals surface area contributed by atoms with Crippen molar-refractivity contribution in [3.63, 3.8) is 0 Å². The van der Waals surface area contributed by atoms with E-state index in [4.69, 9.17) is 4.74 Å². The number of alkyl halides is 6.